The van der Waals surface area contributed by atoms with Crippen LogP contribution in [-0.4, -0.2) is 39.4 Å². The summed E-state index contributed by atoms with van der Waals surface area (Å²) in [6.45, 7) is 2.59. The molecule has 1 saturated heterocycles. The van der Waals surface area contributed by atoms with Gasteiger partial charge in [-0.1, -0.05) is 22.0 Å². The summed E-state index contributed by atoms with van der Waals surface area (Å²) in [7, 11) is 3.32. The fraction of sp³-hybridized carbons (Fsp3) is 0.500. The summed E-state index contributed by atoms with van der Waals surface area (Å²) < 4.78 is 5.74. The van der Waals surface area contributed by atoms with E-state index in [1.54, 1.807) is 0 Å². The van der Waals surface area contributed by atoms with E-state index >= 15 is 0 Å². The maximum absolute atomic E-state index is 11.2. The average molecular weight is 342 g/mol. The molecule has 0 bridgehead atoms. The van der Waals surface area contributed by atoms with Crippen LogP contribution in [0.15, 0.2) is 22.7 Å². The molecule has 2 rings (SSSR count). The first-order valence-electron chi connectivity index (χ1n) is 6.66. The predicted octanol–water partition coefficient (Wildman–Crippen LogP) is 2.10. The first-order valence-corrected chi connectivity index (χ1v) is 7.45. The lowest BCUT2D eigenvalue weighted by molar-refractivity contribution is 0.167. The number of nitrogens with zero attached hydrogens (tertiary/aromatic N) is 1. The number of ether oxygens (including phenoxy) is 1. The number of nitrogens with one attached hydrogen (secondary N) is 2. The number of hydrogen-bond acceptors (Lipinski definition) is 4. The van der Waals surface area contributed by atoms with E-state index in [9.17, 15) is 4.79 Å². The largest absolute Gasteiger partial charge is 0.453 e. The summed E-state index contributed by atoms with van der Waals surface area (Å²) in [5.74, 6) is 0. The van der Waals surface area contributed by atoms with Crippen LogP contribution in [0, 0.1) is 0 Å². The Morgan fingerprint density at radius 3 is 3.00 bits per heavy atom. The Labute approximate surface area is 127 Å². The number of halogens is 1. The van der Waals surface area contributed by atoms with Gasteiger partial charge < -0.3 is 20.3 Å². The fourth-order valence-corrected chi connectivity index (χ4v) is 2.91. The molecule has 1 aromatic carbocycles. The maximum atomic E-state index is 11.2. The molecule has 1 atom stereocenters. The zero-order chi connectivity index (χ0) is 14.5. The second-order valence-electron chi connectivity index (χ2n) is 4.87. The van der Waals surface area contributed by atoms with Gasteiger partial charge >= 0.3 is 6.09 Å². The lowest BCUT2D eigenvalue weighted by Gasteiger charge is -2.20. The van der Waals surface area contributed by atoms with E-state index < -0.39 is 0 Å². The zero-order valence-corrected chi connectivity index (χ0v) is 13.4. The number of methoxy groups -OCH3 is 1. The van der Waals surface area contributed by atoms with Gasteiger partial charge in [0.25, 0.3) is 0 Å². The number of benzene rings is 1. The van der Waals surface area contributed by atoms with Crippen LogP contribution in [0.25, 0.3) is 0 Å². The van der Waals surface area contributed by atoms with Gasteiger partial charge in [0.1, 0.15) is 0 Å². The van der Waals surface area contributed by atoms with Crippen LogP contribution < -0.4 is 15.5 Å². The molecule has 0 saturated carbocycles. The van der Waals surface area contributed by atoms with Crippen molar-refractivity contribution in [1.29, 1.82) is 0 Å². The highest BCUT2D eigenvalue weighted by Crippen LogP contribution is 2.26. The molecule has 1 fully saturated rings. The van der Waals surface area contributed by atoms with Crippen molar-refractivity contribution in [2.24, 2.45) is 0 Å². The van der Waals surface area contributed by atoms with Crippen LogP contribution >= 0.6 is 15.9 Å². The molecule has 2 N–H and O–H groups in total. The van der Waals surface area contributed by atoms with E-state index in [-0.39, 0.29) is 12.1 Å². The normalized spacial score (nSPS) is 18.1. The number of amides is 1. The second-order valence-corrected chi connectivity index (χ2v) is 5.73. The quantitative estimate of drug-likeness (QED) is 0.880. The van der Waals surface area contributed by atoms with Crippen LogP contribution in [0.5, 0.6) is 0 Å². The fourth-order valence-electron chi connectivity index (χ4n) is 2.40. The Hall–Kier alpha value is -1.27. The molecule has 1 aliphatic heterocycles. The van der Waals surface area contributed by atoms with Crippen molar-refractivity contribution in [3.8, 4) is 0 Å². The van der Waals surface area contributed by atoms with E-state index in [0.717, 1.165) is 30.5 Å². The first-order chi connectivity index (χ1) is 9.63. The highest BCUT2D eigenvalue weighted by atomic mass is 79.9. The molecule has 6 heteroatoms. The molecular weight excluding hydrogens is 322 g/mol. The minimum atomic E-state index is -0.359. The predicted molar refractivity (Wildman–Crippen MR) is 83.1 cm³/mol. The smallest absolute Gasteiger partial charge is 0.407 e. The Balaban J connectivity index is 1.99. The Kier molecular flexibility index (Phi) is 5.25. The van der Waals surface area contributed by atoms with Crippen LogP contribution in [0.1, 0.15) is 12.0 Å². The van der Waals surface area contributed by atoms with Gasteiger partial charge in [-0.05, 0) is 31.2 Å². The molecule has 0 spiro atoms. The molecule has 0 aromatic heterocycles. The average Bonchev–Trinajstić information content (AvgIpc) is 2.89. The lowest BCUT2D eigenvalue weighted by Crippen LogP contribution is -2.36. The minimum absolute atomic E-state index is 0.151. The lowest BCUT2D eigenvalue weighted by atomic mass is 10.2. The molecule has 1 amide bonds. The topological polar surface area (TPSA) is 53.6 Å². The van der Waals surface area contributed by atoms with Gasteiger partial charge in [-0.3, -0.25) is 0 Å². The van der Waals surface area contributed by atoms with Gasteiger partial charge in [-0.25, -0.2) is 4.79 Å². The Morgan fingerprint density at radius 1 is 1.55 bits per heavy atom. The monoisotopic (exact) mass is 341 g/mol. The Bertz CT molecular complexity index is 481. The van der Waals surface area contributed by atoms with Gasteiger partial charge in [0.2, 0.25) is 0 Å². The van der Waals surface area contributed by atoms with E-state index in [0.29, 0.717) is 0 Å². The van der Waals surface area contributed by atoms with Gasteiger partial charge in [0.05, 0.1) is 13.2 Å². The van der Waals surface area contributed by atoms with Crippen molar-refractivity contribution in [3.63, 3.8) is 0 Å². The summed E-state index contributed by atoms with van der Waals surface area (Å²) in [4.78, 5) is 13.5. The summed E-state index contributed by atoms with van der Waals surface area (Å²) in [6.07, 6.45) is 0.577. The molecule has 1 aliphatic rings. The molecule has 1 unspecified atom stereocenters. The SMILES string of the molecule is CNCc1ccc(N2CCC(NC(=O)OC)C2)cc1Br. The van der Waals surface area contributed by atoms with Crippen molar-refractivity contribution in [2.45, 2.75) is 19.0 Å². The van der Waals surface area contributed by atoms with Gasteiger partial charge in [0, 0.05) is 29.8 Å². The Morgan fingerprint density at radius 2 is 2.35 bits per heavy atom. The van der Waals surface area contributed by atoms with Crippen molar-refractivity contribution in [2.75, 3.05) is 32.1 Å². The number of hydrogen-bond donors (Lipinski definition) is 2. The van der Waals surface area contributed by atoms with Gasteiger partial charge in [-0.2, -0.15) is 0 Å². The minimum Gasteiger partial charge on any atom is -0.453 e. The van der Waals surface area contributed by atoms with Crippen molar-refractivity contribution >= 4 is 27.7 Å². The van der Waals surface area contributed by atoms with Crippen molar-refractivity contribution < 1.29 is 9.53 Å². The third-order valence-electron chi connectivity index (χ3n) is 3.46. The third kappa shape index (κ3) is 3.64. The van der Waals surface area contributed by atoms with Crippen LogP contribution in [0.4, 0.5) is 10.5 Å². The molecule has 110 valence electrons. The number of carbonyl (C=O) groups is 1. The molecule has 1 aromatic rings. The maximum Gasteiger partial charge on any atom is 0.407 e. The van der Waals surface area contributed by atoms with E-state index in [4.69, 9.17) is 0 Å². The highest BCUT2D eigenvalue weighted by molar-refractivity contribution is 9.10. The molecule has 20 heavy (non-hydrogen) atoms. The number of carbonyl (C=O) groups excluding carboxylic acids is 1. The highest BCUT2D eigenvalue weighted by Gasteiger charge is 2.24. The van der Waals surface area contributed by atoms with E-state index in [2.05, 4.69) is 54.4 Å². The number of rotatable bonds is 4. The molecular formula is C14H20BrN3O2. The van der Waals surface area contributed by atoms with Crippen molar-refractivity contribution in [1.82, 2.24) is 10.6 Å². The first kappa shape index (κ1) is 15.1. The van der Waals surface area contributed by atoms with Crippen molar-refractivity contribution in [3.05, 3.63) is 28.2 Å². The van der Waals surface area contributed by atoms with Gasteiger partial charge in [-0.15, -0.1) is 0 Å². The standard InChI is InChI=1S/C14H20BrN3O2/c1-16-8-10-3-4-12(7-13(10)15)18-6-5-11(9-18)17-14(19)20-2/h3-4,7,11,16H,5-6,8-9H2,1-2H3,(H,17,19). The molecule has 5 nitrogen and oxygen atoms in total. The summed E-state index contributed by atoms with van der Waals surface area (Å²) in [5.41, 5.74) is 2.41. The number of anilines is 1. The summed E-state index contributed by atoms with van der Waals surface area (Å²) in [6, 6.07) is 6.53. The van der Waals surface area contributed by atoms with Gasteiger partial charge in [0.15, 0.2) is 0 Å². The summed E-state index contributed by atoms with van der Waals surface area (Å²) >= 11 is 3.61. The summed E-state index contributed by atoms with van der Waals surface area (Å²) in [5, 5.41) is 5.99. The third-order valence-corrected chi connectivity index (χ3v) is 4.20. The number of alkyl carbamates (subject to hydrolysis) is 1. The molecule has 0 aliphatic carbocycles. The zero-order valence-electron chi connectivity index (χ0n) is 11.8. The van der Waals surface area contributed by atoms with E-state index in [1.807, 2.05) is 7.05 Å². The second kappa shape index (κ2) is 6.95. The molecule has 0 radical (unpaired) electrons. The van der Waals surface area contributed by atoms with E-state index in [1.165, 1.54) is 18.4 Å². The van der Waals surface area contributed by atoms with Crippen LogP contribution in [0.3, 0.4) is 0 Å². The van der Waals surface area contributed by atoms with Crippen LogP contribution in [0.2, 0.25) is 0 Å². The molecule has 1 heterocycles. The van der Waals surface area contributed by atoms with Crippen LogP contribution in [-0.2, 0) is 11.3 Å².